The number of thioether (sulfide) groups is 1. The summed E-state index contributed by atoms with van der Waals surface area (Å²) in [6.07, 6.45) is 0.936. The zero-order valence-electron chi connectivity index (χ0n) is 16.1. The predicted molar refractivity (Wildman–Crippen MR) is 114 cm³/mol. The van der Waals surface area contributed by atoms with E-state index in [1.165, 1.54) is 15.3 Å². The third-order valence-electron chi connectivity index (χ3n) is 5.13. The molecule has 0 spiro atoms. The van der Waals surface area contributed by atoms with Gasteiger partial charge in [-0.05, 0) is 17.7 Å². The molecule has 1 aromatic carbocycles. The van der Waals surface area contributed by atoms with Gasteiger partial charge in [0, 0.05) is 11.7 Å². The summed E-state index contributed by atoms with van der Waals surface area (Å²) < 4.78 is 3.81. The van der Waals surface area contributed by atoms with Gasteiger partial charge in [-0.3, -0.25) is 4.79 Å². The first-order valence-corrected chi connectivity index (χ1v) is 11.2. The van der Waals surface area contributed by atoms with Gasteiger partial charge in [-0.1, -0.05) is 43.8 Å². The van der Waals surface area contributed by atoms with Crippen LogP contribution in [-0.4, -0.2) is 38.0 Å². The number of nitrogens with one attached hydrogen (secondary N) is 1. The largest absolute Gasteiger partial charge is 0.333 e. The van der Waals surface area contributed by atoms with Gasteiger partial charge in [0.25, 0.3) is 5.56 Å². The fraction of sp³-hybridized carbons (Fsp3) is 0.350. The number of benzene rings is 1. The van der Waals surface area contributed by atoms with Gasteiger partial charge in [-0.2, -0.15) is 0 Å². The molecule has 1 aliphatic rings. The fourth-order valence-electron chi connectivity index (χ4n) is 3.87. The maximum atomic E-state index is 13.7. The van der Waals surface area contributed by atoms with E-state index >= 15 is 0 Å². The normalized spacial score (nSPS) is 16.9. The van der Waals surface area contributed by atoms with Crippen molar-refractivity contribution < 1.29 is 4.90 Å². The molecule has 1 unspecified atom stereocenters. The Morgan fingerprint density at radius 3 is 2.75 bits per heavy atom. The molecule has 0 aliphatic carbocycles. The van der Waals surface area contributed by atoms with Crippen molar-refractivity contribution in [2.75, 3.05) is 13.6 Å². The van der Waals surface area contributed by atoms with Gasteiger partial charge in [-0.25, -0.2) is 8.97 Å². The molecule has 0 radical (unpaired) electrons. The highest BCUT2D eigenvalue weighted by molar-refractivity contribution is 7.99. The number of quaternary nitrogens is 1. The van der Waals surface area contributed by atoms with E-state index in [9.17, 15) is 4.79 Å². The second-order valence-electron chi connectivity index (χ2n) is 7.58. The standard InChI is InChI=1S/C20H21N5OS2/c1-12(2)27-20-22-21-19-24(13-7-5-4-6-8-13)17(26)16-14-9-10-23(3)11-15(14)28-18(16)25(19)20/h4-8,12H,9-11H2,1-3H3/p+1. The van der Waals surface area contributed by atoms with Crippen molar-refractivity contribution >= 4 is 39.1 Å². The van der Waals surface area contributed by atoms with Crippen molar-refractivity contribution in [3.63, 3.8) is 0 Å². The van der Waals surface area contributed by atoms with Gasteiger partial charge >= 0.3 is 0 Å². The average Bonchev–Trinajstić information content (AvgIpc) is 3.23. The molecule has 5 rings (SSSR count). The molecular formula is C20H22N5OS2+. The van der Waals surface area contributed by atoms with Crippen LogP contribution in [0.4, 0.5) is 0 Å². The zero-order valence-corrected chi connectivity index (χ0v) is 17.7. The van der Waals surface area contributed by atoms with Crippen LogP contribution in [0.1, 0.15) is 24.3 Å². The van der Waals surface area contributed by atoms with Crippen LogP contribution in [-0.2, 0) is 13.0 Å². The minimum atomic E-state index is 0.0132. The molecule has 0 bridgehead atoms. The van der Waals surface area contributed by atoms with Crippen LogP contribution in [0.15, 0.2) is 40.3 Å². The first-order chi connectivity index (χ1) is 13.5. The number of rotatable bonds is 3. The summed E-state index contributed by atoms with van der Waals surface area (Å²) in [5.41, 5.74) is 2.06. The van der Waals surface area contributed by atoms with Gasteiger partial charge in [0.05, 0.1) is 29.5 Å². The lowest BCUT2D eigenvalue weighted by Crippen LogP contribution is -3.08. The van der Waals surface area contributed by atoms with Gasteiger partial charge in [-0.15, -0.1) is 21.5 Å². The monoisotopic (exact) mass is 412 g/mol. The maximum Gasteiger partial charge on any atom is 0.268 e. The summed E-state index contributed by atoms with van der Waals surface area (Å²) in [5, 5.41) is 11.0. The van der Waals surface area contributed by atoms with Crippen LogP contribution in [0.2, 0.25) is 0 Å². The van der Waals surface area contributed by atoms with E-state index in [2.05, 4.69) is 35.5 Å². The van der Waals surface area contributed by atoms with Crippen LogP contribution in [0, 0.1) is 0 Å². The molecule has 0 saturated carbocycles. The molecule has 8 heteroatoms. The third kappa shape index (κ3) is 2.70. The van der Waals surface area contributed by atoms with Gasteiger partial charge < -0.3 is 4.90 Å². The second-order valence-corrected chi connectivity index (χ2v) is 10.2. The van der Waals surface area contributed by atoms with Crippen LogP contribution in [0.5, 0.6) is 0 Å². The topological polar surface area (TPSA) is 56.6 Å². The Labute approximate surface area is 170 Å². The van der Waals surface area contributed by atoms with Crippen molar-refractivity contribution in [2.24, 2.45) is 0 Å². The Balaban J connectivity index is 1.93. The maximum absolute atomic E-state index is 13.7. The van der Waals surface area contributed by atoms with E-state index in [1.807, 2.05) is 30.3 Å². The number of likely N-dealkylation sites (N-methyl/N-ethyl adjacent to an activating group) is 1. The fourth-order valence-corrected chi connectivity index (χ4v) is 6.17. The Kier molecular flexibility index (Phi) is 4.30. The highest BCUT2D eigenvalue weighted by atomic mass is 32.2. The highest BCUT2D eigenvalue weighted by Gasteiger charge is 2.28. The van der Waals surface area contributed by atoms with Crippen molar-refractivity contribution in [2.45, 2.75) is 37.2 Å². The third-order valence-corrected chi connectivity index (χ3v) is 7.29. The zero-order chi connectivity index (χ0) is 19.4. The number of hydrogen-bond acceptors (Lipinski definition) is 5. The minimum Gasteiger partial charge on any atom is -0.333 e. The SMILES string of the molecule is CC(C)Sc1nnc2n(-c3ccccc3)c(=O)c3c4c(sc3n12)C[NH+](C)CC4. The smallest absolute Gasteiger partial charge is 0.268 e. The summed E-state index contributed by atoms with van der Waals surface area (Å²) >= 11 is 3.41. The molecule has 1 atom stereocenters. The van der Waals surface area contributed by atoms with Gasteiger partial charge in [0.1, 0.15) is 11.4 Å². The number of fused-ring (bicyclic) bond motifs is 5. The second kappa shape index (κ2) is 6.72. The number of thiophene rings is 1. The van der Waals surface area contributed by atoms with Crippen molar-refractivity contribution in [3.8, 4) is 5.69 Å². The van der Waals surface area contributed by atoms with Crippen LogP contribution >= 0.6 is 23.1 Å². The average molecular weight is 413 g/mol. The molecule has 3 aromatic heterocycles. The van der Waals surface area contributed by atoms with E-state index in [1.54, 1.807) is 27.7 Å². The minimum absolute atomic E-state index is 0.0132. The summed E-state index contributed by atoms with van der Waals surface area (Å²) in [6.45, 7) is 6.31. The summed E-state index contributed by atoms with van der Waals surface area (Å²) in [7, 11) is 2.21. The van der Waals surface area contributed by atoms with E-state index in [-0.39, 0.29) is 5.56 Å². The first kappa shape index (κ1) is 17.9. The lowest BCUT2D eigenvalue weighted by molar-refractivity contribution is -0.895. The Morgan fingerprint density at radius 1 is 1.21 bits per heavy atom. The lowest BCUT2D eigenvalue weighted by atomic mass is 10.1. The van der Waals surface area contributed by atoms with Gasteiger partial charge in [0.2, 0.25) is 5.78 Å². The summed E-state index contributed by atoms with van der Waals surface area (Å²) in [4.78, 5) is 17.5. The number of aromatic nitrogens is 4. The van der Waals surface area contributed by atoms with E-state index in [0.717, 1.165) is 40.6 Å². The summed E-state index contributed by atoms with van der Waals surface area (Å²) in [6, 6.07) is 9.76. The van der Waals surface area contributed by atoms with Crippen molar-refractivity contribution in [3.05, 3.63) is 51.1 Å². The Morgan fingerprint density at radius 2 is 2.00 bits per heavy atom. The number of para-hydroxylation sites is 1. The molecular weight excluding hydrogens is 390 g/mol. The molecule has 1 N–H and O–H groups in total. The Hall–Kier alpha value is -2.16. The van der Waals surface area contributed by atoms with Crippen molar-refractivity contribution in [1.82, 2.24) is 19.2 Å². The van der Waals surface area contributed by atoms with E-state index < -0.39 is 0 Å². The molecule has 1 aliphatic heterocycles. The van der Waals surface area contributed by atoms with E-state index in [4.69, 9.17) is 0 Å². The van der Waals surface area contributed by atoms with Crippen LogP contribution in [0.25, 0.3) is 21.7 Å². The molecule has 4 aromatic rings. The van der Waals surface area contributed by atoms with E-state index in [0.29, 0.717) is 11.0 Å². The molecule has 28 heavy (non-hydrogen) atoms. The molecule has 144 valence electrons. The first-order valence-electron chi connectivity index (χ1n) is 9.52. The number of nitrogens with zero attached hydrogens (tertiary/aromatic N) is 4. The number of hydrogen-bond donors (Lipinski definition) is 1. The van der Waals surface area contributed by atoms with Gasteiger partial charge in [0.15, 0.2) is 5.16 Å². The molecule has 0 saturated heterocycles. The Bertz CT molecular complexity index is 1240. The van der Waals surface area contributed by atoms with Crippen molar-refractivity contribution in [1.29, 1.82) is 0 Å². The molecule has 4 heterocycles. The summed E-state index contributed by atoms with van der Waals surface area (Å²) in [5.74, 6) is 0.589. The quantitative estimate of drug-likeness (QED) is 0.524. The lowest BCUT2D eigenvalue weighted by Gasteiger charge is -2.19. The van der Waals surface area contributed by atoms with Crippen LogP contribution < -0.4 is 10.5 Å². The highest BCUT2D eigenvalue weighted by Crippen LogP contribution is 2.34. The molecule has 6 nitrogen and oxygen atoms in total. The molecule has 0 fully saturated rings. The van der Waals surface area contributed by atoms with Crippen LogP contribution in [0.3, 0.4) is 0 Å². The molecule has 0 amide bonds. The predicted octanol–water partition coefficient (Wildman–Crippen LogP) is 2.17.